The molecule has 21 heavy (non-hydrogen) atoms. The van der Waals surface area contributed by atoms with Crippen molar-refractivity contribution in [3.8, 4) is 5.75 Å². The molecule has 1 aromatic carbocycles. The van der Waals surface area contributed by atoms with Crippen LogP contribution in [0.5, 0.6) is 5.75 Å². The van der Waals surface area contributed by atoms with Gasteiger partial charge in [0.15, 0.2) is 5.75 Å². The number of aliphatic hydroxyl groups is 1. The molecule has 2 unspecified atom stereocenters. The van der Waals surface area contributed by atoms with Gasteiger partial charge in [-0.3, -0.25) is 4.68 Å². The van der Waals surface area contributed by atoms with E-state index in [-0.39, 0.29) is 11.3 Å². The summed E-state index contributed by atoms with van der Waals surface area (Å²) in [5.74, 6) is 0.660. The lowest BCUT2D eigenvalue weighted by Gasteiger charge is -2.21. The third-order valence-corrected chi connectivity index (χ3v) is 5.19. The first-order valence-corrected chi connectivity index (χ1v) is 8.03. The van der Waals surface area contributed by atoms with E-state index in [1.54, 1.807) is 25.1 Å². The fraction of sp³-hybridized carbons (Fsp3) is 0.438. The largest absolute Gasteiger partial charge is 0.493 e. The second-order valence-electron chi connectivity index (χ2n) is 5.55. The van der Waals surface area contributed by atoms with Crippen LogP contribution in [0.2, 0.25) is 0 Å². The molecule has 0 aliphatic carbocycles. The maximum Gasteiger partial charge on any atom is 0.162 e. The third-order valence-electron chi connectivity index (χ3n) is 3.81. The lowest BCUT2D eigenvalue weighted by molar-refractivity contribution is 0.157. The number of aromatic nitrogens is 2. The number of hydrogen-bond donors (Lipinski definition) is 1. The zero-order valence-corrected chi connectivity index (χ0v) is 13.3. The molecule has 1 aromatic heterocycles. The van der Waals surface area contributed by atoms with Crippen molar-refractivity contribution in [3.63, 3.8) is 0 Å². The Morgan fingerprint density at radius 1 is 1.38 bits per heavy atom. The molecule has 1 aliphatic heterocycles. The van der Waals surface area contributed by atoms with Crippen LogP contribution in [-0.2, 0) is 6.42 Å². The summed E-state index contributed by atoms with van der Waals surface area (Å²) in [7, 11) is 1.62. The monoisotopic (exact) mass is 304 g/mol. The molecule has 0 spiro atoms. The van der Waals surface area contributed by atoms with Gasteiger partial charge in [-0.1, -0.05) is 18.2 Å². The van der Waals surface area contributed by atoms with Crippen LogP contribution in [0.3, 0.4) is 0 Å². The smallest absolute Gasteiger partial charge is 0.162 e. The van der Waals surface area contributed by atoms with Crippen LogP contribution in [0.15, 0.2) is 35.4 Å². The summed E-state index contributed by atoms with van der Waals surface area (Å²) >= 11 is 1.74. The van der Waals surface area contributed by atoms with Gasteiger partial charge >= 0.3 is 0 Å². The molecular formula is C16H20N2O2S. The van der Waals surface area contributed by atoms with Gasteiger partial charge < -0.3 is 9.84 Å². The highest BCUT2D eigenvalue weighted by atomic mass is 32.2. The molecule has 112 valence electrons. The van der Waals surface area contributed by atoms with Gasteiger partial charge in [0.05, 0.1) is 13.3 Å². The van der Waals surface area contributed by atoms with Crippen LogP contribution in [-0.4, -0.2) is 27.2 Å². The highest BCUT2D eigenvalue weighted by molar-refractivity contribution is 8.00. The second kappa shape index (κ2) is 5.73. The standard InChI is InChI=1S/C16H20N2O2S/c1-10(2)18-15(12(20-3)9-17-18)16(19)14-8-11-6-4-5-7-13(11)21-14/h4-7,9-10,14,16,19H,8H2,1-3H3. The number of hydrogen-bond acceptors (Lipinski definition) is 4. The van der Waals surface area contributed by atoms with E-state index in [9.17, 15) is 5.11 Å². The van der Waals surface area contributed by atoms with Crippen LogP contribution >= 0.6 is 11.8 Å². The van der Waals surface area contributed by atoms with Gasteiger partial charge in [0, 0.05) is 16.2 Å². The predicted octanol–water partition coefficient (Wildman–Crippen LogP) is 3.22. The minimum atomic E-state index is -0.595. The van der Waals surface area contributed by atoms with E-state index in [0.717, 1.165) is 12.1 Å². The van der Waals surface area contributed by atoms with E-state index >= 15 is 0 Å². The van der Waals surface area contributed by atoms with Crippen LogP contribution in [0.1, 0.15) is 37.3 Å². The van der Waals surface area contributed by atoms with Crippen LogP contribution < -0.4 is 4.74 Å². The summed E-state index contributed by atoms with van der Waals surface area (Å²) in [6.45, 7) is 4.11. The number of thioether (sulfide) groups is 1. The van der Waals surface area contributed by atoms with E-state index in [0.29, 0.717) is 5.75 Å². The van der Waals surface area contributed by atoms with Crippen molar-refractivity contribution in [1.82, 2.24) is 9.78 Å². The fourth-order valence-electron chi connectivity index (χ4n) is 2.77. The minimum Gasteiger partial charge on any atom is -0.493 e. The van der Waals surface area contributed by atoms with Gasteiger partial charge in [-0.2, -0.15) is 5.10 Å². The first-order chi connectivity index (χ1) is 10.1. The number of aliphatic hydroxyl groups excluding tert-OH is 1. The zero-order chi connectivity index (χ0) is 15.0. The number of methoxy groups -OCH3 is 1. The average molecular weight is 304 g/mol. The van der Waals surface area contributed by atoms with Crippen LogP contribution in [0.25, 0.3) is 0 Å². The lowest BCUT2D eigenvalue weighted by atomic mass is 10.0. The molecule has 3 rings (SSSR count). The van der Waals surface area contributed by atoms with Gasteiger partial charge in [-0.05, 0) is 31.9 Å². The molecule has 5 heteroatoms. The van der Waals surface area contributed by atoms with Crippen LogP contribution in [0, 0.1) is 0 Å². The Bertz CT molecular complexity index is 614. The van der Waals surface area contributed by atoms with E-state index in [1.165, 1.54) is 10.5 Å². The topological polar surface area (TPSA) is 47.3 Å². The Kier molecular flexibility index (Phi) is 3.95. The minimum absolute atomic E-state index is 0.102. The lowest BCUT2D eigenvalue weighted by Crippen LogP contribution is -2.20. The average Bonchev–Trinajstić information content (AvgIpc) is 3.09. The molecule has 0 amide bonds. The highest BCUT2D eigenvalue weighted by Crippen LogP contribution is 2.44. The van der Waals surface area contributed by atoms with Gasteiger partial charge in [-0.15, -0.1) is 11.8 Å². The summed E-state index contributed by atoms with van der Waals surface area (Å²) in [5.41, 5.74) is 2.08. The molecule has 4 nitrogen and oxygen atoms in total. The molecule has 1 aliphatic rings. The summed E-state index contributed by atoms with van der Waals surface area (Å²) in [5, 5.41) is 15.3. The molecule has 0 bridgehead atoms. The Balaban J connectivity index is 1.90. The molecular weight excluding hydrogens is 284 g/mol. The molecule has 1 N–H and O–H groups in total. The van der Waals surface area contributed by atoms with E-state index in [4.69, 9.17) is 4.74 Å². The second-order valence-corrected chi connectivity index (χ2v) is 6.83. The fourth-order valence-corrected chi connectivity index (χ4v) is 4.07. The molecule has 2 heterocycles. The van der Waals surface area contributed by atoms with Crippen molar-refractivity contribution in [2.24, 2.45) is 0 Å². The maximum absolute atomic E-state index is 10.9. The van der Waals surface area contributed by atoms with E-state index < -0.39 is 6.10 Å². The number of rotatable bonds is 4. The van der Waals surface area contributed by atoms with Crippen molar-refractivity contribution < 1.29 is 9.84 Å². The summed E-state index contributed by atoms with van der Waals surface area (Å²) in [4.78, 5) is 1.26. The molecule has 2 aromatic rings. The van der Waals surface area contributed by atoms with Gasteiger partial charge in [-0.25, -0.2) is 0 Å². The Hall–Kier alpha value is -1.46. The van der Waals surface area contributed by atoms with Crippen molar-refractivity contribution in [2.75, 3.05) is 7.11 Å². The van der Waals surface area contributed by atoms with Gasteiger partial charge in [0.25, 0.3) is 0 Å². The maximum atomic E-state index is 10.9. The highest BCUT2D eigenvalue weighted by Gasteiger charge is 2.33. The Morgan fingerprint density at radius 2 is 2.14 bits per heavy atom. The molecule has 0 radical (unpaired) electrons. The molecule has 0 saturated heterocycles. The van der Waals surface area contributed by atoms with Gasteiger partial charge in [0.2, 0.25) is 0 Å². The Morgan fingerprint density at radius 3 is 2.81 bits per heavy atom. The molecule has 2 atom stereocenters. The first kappa shape index (κ1) is 14.5. The normalized spacial score (nSPS) is 18.8. The summed E-state index contributed by atoms with van der Waals surface area (Å²) < 4.78 is 7.24. The molecule has 0 saturated carbocycles. The van der Waals surface area contributed by atoms with E-state index in [1.807, 2.05) is 16.8 Å². The van der Waals surface area contributed by atoms with Crippen LogP contribution in [0.4, 0.5) is 0 Å². The van der Waals surface area contributed by atoms with Gasteiger partial charge in [0.1, 0.15) is 11.8 Å². The van der Waals surface area contributed by atoms with Crippen molar-refractivity contribution >= 4 is 11.8 Å². The summed E-state index contributed by atoms with van der Waals surface area (Å²) in [6, 6.07) is 8.52. The van der Waals surface area contributed by atoms with Crippen molar-refractivity contribution in [2.45, 2.75) is 42.6 Å². The third kappa shape index (κ3) is 2.56. The molecule has 0 fully saturated rings. The van der Waals surface area contributed by atoms with Crippen molar-refractivity contribution in [3.05, 3.63) is 41.7 Å². The number of benzene rings is 1. The summed E-state index contributed by atoms with van der Waals surface area (Å²) in [6.07, 6.45) is 1.96. The SMILES string of the molecule is COc1cnn(C(C)C)c1C(O)C1Cc2ccccc2S1. The zero-order valence-electron chi connectivity index (χ0n) is 12.5. The van der Waals surface area contributed by atoms with E-state index in [2.05, 4.69) is 31.1 Å². The van der Waals surface area contributed by atoms with Crippen molar-refractivity contribution in [1.29, 1.82) is 0 Å². The number of nitrogens with zero attached hydrogens (tertiary/aromatic N) is 2. The first-order valence-electron chi connectivity index (χ1n) is 7.15. The number of ether oxygens (including phenoxy) is 1. The quantitative estimate of drug-likeness (QED) is 0.942. The Labute approximate surface area is 129 Å². The predicted molar refractivity (Wildman–Crippen MR) is 83.9 cm³/mol. The number of fused-ring (bicyclic) bond motifs is 1.